The topological polar surface area (TPSA) is 56.1 Å². The third kappa shape index (κ3) is 2.59. The molecule has 1 saturated heterocycles. The van der Waals surface area contributed by atoms with Gasteiger partial charge in [-0.15, -0.1) is 0 Å². The van der Waals surface area contributed by atoms with E-state index in [0.717, 1.165) is 75.4 Å². The number of aryl methyl sites for hydroxylation is 2. The number of nitrogens with one attached hydrogen (secondary N) is 1. The average Bonchev–Trinajstić information content (AvgIpc) is 2.77. The molecule has 1 aromatic rings. The second-order valence-corrected chi connectivity index (χ2v) is 6.32. The third-order valence-electron chi connectivity index (χ3n) is 4.85. The largest absolute Gasteiger partial charge is 0.381 e. The lowest BCUT2D eigenvalue weighted by molar-refractivity contribution is 0.0152. The zero-order valence-corrected chi connectivity index (χ0v) is 13.1. The van der Waals surface area contributed by atoms with Gasteiger partial charge in [-0.2, -0.15) is 5.10 Å². The van der Waals surface area contributed by atoms with Crippen LogP contribution in [0, 0.1) is 5.41 Å². The fourth-order valence-corrected chi connectivity index (χ4v) is 3.57. The van der Waals surface area contributed by atoms with Crippen LogP contribution in [0.1, 0.15) is 54.9 Å². The zero-order valence-electron chi connectivity index (χ0n) is 13.1. The van der Waals surface area contributed by atoms with Crippen molar-refractivity contribution >= 4 is 5.91 Å². The molecule has 116 valence electrons. The lowest BCUT2D eigenvalue weighted by atomic mass is 9.76. The summed E-state index contributed by atoms with van der Waals surface area (Å²) in [5, 5.41) is 7.84. The maximum absolute atomic E-state index is 12.5. The first-order valence-electron chi connectivity index (χ1n) is 8.13. The summed E-state index contributed by atoms with van der Waals surface area (Å²) < 4.78 is 7.60. The first kappa shape index (κ1) is 14.6. The van der Waals surface area contributed by atoms with Crippen molar-refractivity contribution in [1.29, 1.82) is 0 Å². The van der Waals surface area contributed by atoms with Gasteiger partial charge in [-0.1, -0.05) is 13.8 Å². The van der Waals surface area contributed by atoms with Crippen molar-refractivity contribution < 1.29 is 9.53 Å². The number of carbonyl (C=O) groups is 1. The molecule has 1 aromatic heterocycles. The molecule has 3 heterocycles. The van der Waals surface area contributed by atoms with Crippen molar-refractivity contribution in [2.75, 3.05) is 19.8 Å². The van der Waals surface area contributed by atoms with Crippen LogP contribution in [0.2, 0.25) is 0 Å². The SMILES string of the molecule is CCCn1nc(CC)c2c1CC1(CCOCC1)CNC2=O. The van der Waals surface area contributed by atoms with Gasteiger partial charge < -0.3 is 10.1 Å². The van der Waals surface area contributed by atoms with Crippen LogP contribution in [-0.4, -0.2) is 35.4 Å². The molecule has 1 fully saturated rings. The molecule has 1 spiro atoms. The van der Waals surface area contributed by atoms with Crippen molar-refractivity contribution in [2.45, 2.75) is 52.5 Å². The van der Waals surface area contributed by atoms with E-state index in [0.29, 0.717) is 0 Å². The van der Waals surface area contributed by atoms with Crippen LogP contribution in [0.4, 0.5) is 0 Å². The number of rotatable bonds is 3. The first-order chi connectivity index (χ1) is 10.2. The molecule has 5 nitrogen and oxygen atoms in total. The molecule has 0 bridgehead atoms. The van der Waals surface area contributed by atoms with Gasteiger partial charge in [0, 0.05) is 26.3 Å². The summed E-state index contributed by atoms with van der Waals surface area (Å²) in [6.07, 6.45) is 4.83. The van der Waals surface area contributed by atoms with Gasteiger partial charge in [-0.3, -0.25) is 9.48 Å². The molecule has 0 radical (unpaired) electrons. The predicted molar refractivity (Wildman–Crippen MR) is 80.4 cm³/mol. The monoisotopic (exact) mass is 291 g/mol. The first-order valence-corrected chi connectivity index (χ1v) is 8.13. The van der Waals surface area contributed by atoms with Crippen molar-refractivity contribution in [1.82, 2.24) is 15.1 Å². The number of amides is 1. The zero-order chi connectivity index (χ0) is 14.9. The van der Waals surface area contributed by atoms with Gasteiger partial charge >= 0.3 is 0 Å². The van der Waals surface area contributed by atoms with Crippen LogP contribution in [0.3, 0.4) is 0 Å². The molecular formula is C16H25N3O2. The average molecular weight is 291 g/mol. The molecule has 5 heteroatoms. The Morgan fingerprint density at radius 2 is 2.10 bits per heavy atom. The van der Waals surface area contributed by atoms with E-state index in [1.165, 1.54) is 0 Å². The summed E-state index contributed by atoms with van der Waals surface area (Å²) >= 11 is 0. The van der Waals surface area contributed by atoms with Crippen molar-refractivity contribution in [3.8, 4) is 0 Å². The number of aromatic nitrogens is 2. The molecule has 2 aliphatic heterocycles. The fraction of sp³-hybridized carbons (Fsp3) is 0.750. The summed E-state index contributed by atoms with van der Waals surface area (Å²) in [6.45, 7) is 7.48. The van der Waals surface area contributed by atoms with Gasteiger partial charge in [-0.05, 0) is 37.5 Å². The lowest BCUT2D eigenvalue weighted by Crippen LogP contribution is -2.40. The van der Waals surface area contributed by atoms with Gasteiger partial charge in [0.25, 0.3) is 5.91 Å². The number of nitrogens with zero attached hydrogens (tertiary/aromatic N) is 2. The van der Waals surface area contributed by atoms with Gasteiger partial charge in [0.2, 0.25) is 0 Å². The Bertz CT molecular complexity index is 530. The van der Waals surface area contributed by atoms with Gasteiger partial charge in [0.1, 0.15) is 0 Å². The van der Waals surface area contributed by atoms with Gasteiger partial charge in [0.15, 0.2) is 0 Å². The Morgan fingerprint density at radius 1 is 1.33 bits per heavy atom. The highest BCUT2D eigenvalue weighted by Gasteiger charge is 2.39. The summed E-state index contributed by atoms with van der Waals surface area (Å²) in [6, 6.07) is 0. The maximum Gasteiger partial charge on any atom is 0.255 e. The van der Waals surface area contributed by atoms with Crippen LogP contribution in [0.15, 0.2) is 0 Å². The summed E-state index contributed by atoms with van der Waals surface area (Å²) in [5.74, 6) is 0.0626. The molecule has 0 atom stereocenters. The highest BCUT2D eigenvalue weighted by atomic mass is 16.5. The van der Waals surface area contributed by atoms with E-state index in [9.17, 15) is 4.79 Å². The highest BCUT2D eigenvalue weighted by Crippen LogP contribution is 2.37. The van der Waals surface area contributed by atoms with Crippen molar-refractivity contribution in [2.24, 2.45) is 5.41 Å². The summed E-state index contributed by atoms with van der Waals surface area (Å²) in [7, 11) is 0. The molecular weight excluding hydrogens is 266 g/mol. The molecule has 0 aromatic carbocycles. The van der Waals surface area contributed by atoms with Crippen LogP contribution in [0.25, 0.3) is 0 Å². The number of hydrogen-bond acceptors (Lipinski definition) is 3. The maximum atomic E-state index is 12.5. The van der Waals surface area contributed by atoms with Crippen LogP contribution < -0.4 is 5.32 Å². The van der Waals surface area contributed by atoms with Crippen LogP contribution in [-0.2, 0) is 24.1 Å². The minimum Gasteiger partial charge on any atom is -0.381 e. The third-order valence-corrected chi connectivity index (χ3v) is 4.85. The van der Waals surface area contributed by atoms with Crippen LogP contribution in [0.5, 0.6) is 0 Å². The second-order valence-electron chi connectivity index (χ2n) is 6.32. The van der Waals surface area contributed by atoms with E-state index < -0.39 is 0 Å². The van der Waals surface area contributed by atoms with E-state index in [1.807, 2.05) is 0 Å². The Labute approximate surface area is 126 Å². The van der Waals surface area contributed by atoms with Crippen LogP contribution >= 0.6 is 0 Å². The Balaban J connectivity index is 2.03. The van der Waals surface area contributed by atoms with E-state index in [4.69, 9.17) is 9.84 Å². The minimum absolute atomic E-state index is 0.0626. The number of fused-ring (bicyclic) bond motifs is 1. The van der Waals surface area contributed by atoms with E-state index in [1.54, 1.807) is 0 Å². The number of hydrogen-bond donors (Lipinski definition) is 1. The fourth-order valence-electron chi connectivity index (χ4n) is 3.57. The molecule has 21 heavy (non-hydrogen) atoms. The smallest absolute Gasteiger partial charge is 0.255 e. The second kappa shape index (κ2) is 5.79. The molecule has 3 rings (SSSR count). The van der Waals surface area contributed by atoms with E-state index >= 15 is 0 Å². The summed E-state index contributed by atoms with van der Waals surface area (Å²) in [4.78, 5) is 12.5. The Morgan fingerprint density at radius 3 is 2.76 bits per heavy atom. The van der Waals surface area contributed by atoms with E-state index in [-0.39, 0.29) is 11.3 Å². The van der Waals surface area contributed by atoms with Gasteiger partial charge in [-0.25, -0.2) is 0 Å². The molecule has 0 unspecified atom stereocenters. The Kier molecular flexibility index (Phi) is 4.02. The number of carbonyl (C=O) groups excluding carboxylic acids is 1. The van der Waals surface area contributed by atoms with E-state index in [2.05, 4.69) is 23.8 Å². The summed E-state index contributed by atoms with van der Waals surface area (Å²) in [5.41, 5.74) is 3.08. The molecule has 1 N–H and O–H groups in total. The van der Waals surface area contributed by atoms with Gasteiger partial charge in [0.05, 0.1) is 17.0 Å². The van der Waals surface area contributed by atoms with Crippen molar-refractivity contribution in [3.63, 3.8) is 0 Å². The Hall–Kier alpha value is -1.36. The number of ether oxygens (including phenoxy) is 1. The normalized spacial score (nSPS) is 21.0. The molecule has 0 aliphatic carbocycles. The lowest BCUT2D eigenvalue weighted by Gasteiger charge is -2.36. The van der Waals surface area contributed by atoms with Crippen molar-refractivity contribution in [3.05, 3.63) is 17.0 Å². The predicted octanol–water partition coefficient (Wildman–Crippen LogP) is 1.94. The molecule has 2 aliphatic rings. The highest BCUT2D eigenvalue weighted by molar-refractivity contribution is 5.97. The minimum atomic E-state index is 0.0626. The molecule has 0 saturated carbocycles. The quantitative estimate of drug-likeness (QED) is 0.926. The molecule has 1 amide bonds. The standard InChI is InChI=1S/C16H25N3O2/c1-3-7-19-13-10-16(5-8-21-9-6-16)11-17-15(20)14(13)12(4-2)18-19/h3-11H2,1-2H3,(H,17,20).